The molecule has 0 saturated carbocycles. The van der Waals surface area contributed by atoms with Crippen LogP contribution in [-0.2, 0) is 0 Å². The summed E-state index contributed by atoms with van der Waals surface area (Å²) in [7, 11) is 0. The molecule has 0 spiro atoms. The van der Waals surface area contributed by atoms with Gasteiger partial charge in [0.15, 0.2) is 4.33 Å². The van der Waals surface area contributed by atoms with Crippen molar-refractivity contribution in [3.8, 4) is 0 Å². The number of benzene rings is 1. The lowest BCUT2D eigenvalue weighted by molar-refractivity contribution is -0.383. The van der Waals surface area contributed by atoms with Crippen LogP contribution in [0.15, 0.2) is 52.7 Å². The smallest absolute Gasteiger partial charge is 0.294 e. The van der Waals surface area contributed by atoms with Gasteiger partial charge in [0.2, 0.25) is 0 Å². The Kier molecular flexibility index (Phi) is 4.06. The van der Waals surface area contributed by atoms with Crippen molar-refractivity contribution in [3.63, 3.8) is 0 Å². The standard InChI is InChI=1S/C12H10Cl2N4O2/c13-12(14)6-2-1-3-11(12)17-16-8-4-5-9(15)10(7-8)18(19)20/h1-7,11H,15H2/b17-16+. The summed E-state index contributed by atoms with van der Waals surface area (Å²) in [5.74, 6) is 0. The molecule has 0 radical (unpaired) electrons. The average Bonchev–Trinajstić information content (AvgIpc) is 2.38. The van der Waals surface area contributed by atoms with Gasteiger partial charge in [-0.15, -0.1) is 0 Å². The Labute approximate surface area is 124 Å². The number of nitro groups is 1. The van der Waals surface area contributed by atoms with Crippen LogP contribution in [0.5, 0.6) is 0 Å². The van der Waals surface area contributed by atoms with E-state index in [0.717, 1.165) is 0 Å². The Morgan fingerprint density at radius 2 is 2.10 bits per heavy atom. The van der Waals surface area contributed by atoms with Crippen LogP contribution in [0.25, 0.3) is 0 Å². The maximum atomic E-state index is 10.8. The van der Waals surface area contributed by atoms with Gasteiger partial charge in [-0.3, -0.25) is 10.1 Å². The Hall–Kier alpha value is -1.92. The van der Waals surface area contributed by atoms with E-state index in [1.54, 1.807) is 24.3 Å². The second kappa shape index (κ2) is 5.60. The number of nitrogen functional groups attached to an aromatic ring is 1. The second-order valence-corrected chi connectivity index (χ2v) is 5.52. The minimum Gasteiger partial charge on any atom is -0.393 e. The quantitative estimate of drug-likeness (QED) is 0.301. The monoisotopic (exact) mass is 312 g/mol. The fourth-order valence-electron chi connectivity index (χ4n) is 1.58. The molecule has 0 saturated heterocycles. The van der Waals surface area contributed by atoms with E-state index in [0.29, 0.717) is 5.69 Å². The molecule has 0 heterocycles. The highest BCUT2D eigenvalue weighted by Crippen LogP contribution is 2.34. The Bertz CT molecular complexity index is 626. The van der Waals surface area contributed by atoms with Crippen LogP contribution in [0.4, 0.5) is 17.1 Å². The summed E-state index contributed by atoms with van der Waals surface area (Å²) in [6.07, 6.45) is 6.73. The maximum absolute atomic E-state index is 10.8. The first kappa shape index (κ1) is 14.5. The van der Waals surface area contributed by atoms with Crippen molar-refractivity contribution in [1.29, 1.82) is 0 Å². The van der Waals surface area contributed by atoms with Gasteiger partial charge in [-0.1, -0.05) is 41.4 Å². The van der Waals surface area contributed by atoms with Crippen LogP contribution in [-0.4, -0.2) is 15.3 Å². The fraction of sp³-hybridized carbons (Fsp3) is 0.167. The second-order valence-electron chi connectivity index (χ2n) is 4.08. The zero-order valence-corrected chi connectivity index (χ0v) is 11.6. The first-order valence-corrected chi connectivity index (χ1v) is 6.34. The van der Waals surface area contributed by atoms with Gasteiger partial charge in [0, 0.05) is 6.07 Å². The van der Waals surface area contributed by atoms with Crippen LogP contribution in [0.3, 0.4) is 0 Å². The van der Waals surface area contributed by atoms with Crippen molar-refractivity contribution in [2.24, 2.45) is 10.2 Å². The van der Waals surface area contributed by atoms with E-state index in [-0.39, 0.29) is 11.4 Å². The zero-order chi connectivity index (χ0) is 14.8. The zero-order valence-electron chi connectivity index (χ0n) is 10.1. The molecule has 0 aromatic heterocycles. The molecule has 8 heteroatoms. The summed E-state index contributed by atoms with van der Waals surface area (Å²) < 4.78 is -1.18. The summed E-state index contributed by atoms with van der Waals surface area (Å²) in [6, 6.07) is 3.61. The molecule has 104 valence electrons. The Morgan fingerprint density at radius 1 is 1.35 bits per heavy atom. The molecule has 6 nitrogen and oxygen atoms in total. The van der Waals surface area contributed by atoms with E-state index in [1.165, 1.54) is 18.2 Å². The Balaban J connectivity index is 2.24. The largest absolute Gasteiger partial charge is 0.393 e. The number of hydrogen-bond acceptors (Lipinski definition) is 5. The third kappa shape index (κ3) is 3.15. The van der Waals surface area contributed by atoms with Crippen LogP contribution in [0.1, 0.15) is 0 Å². The van der Waals surface area contributed by atoms with E-state index in [9.17, 15) is 10.1 Å². The lowest BCUT2D eigenvalue weighted by Crippen LogP contribution is -2.26. The van der Waals surface area contributed by atoms with Gasteiger partial charge in [0.1, 0.15) is 11.7 Å². The Morgan fingerprint density at radius 3 is 2.75 bits per heavy atom. The van der Waals surface area contributed by atoms with Crippen LogP contribution in [0.2, 0.25) is 0 Å². The molecule has 0 aliphatic heterocycles. The van der Waals surface area contributed by atoms with E-state index in [1.807, 2.05) is 0 Å². The van der Waals surface area contributed by atoms with Crippen molar-refractivity contribution in [3.05, 3.63) is 52.6 Å². The van der Waals surface area contributed by atoms with Gasteiger partial charge in [-0.25, -0.2) is 0 Å². The number of nitro benzene ring substituents is 1. The minimum atomic E-state index is -1.18. The molecule has 0 amide bonds. The number of alkyl halides is 2. The van der Waals surface area contributed by atoms with Gasteiger partial charge in [-0.2, -0.15) is 10.2 Å². The van der Waals surface area contributed by atoms with E-state index < -0.39 is 15.3 Å². The molecule has 0 fully saturated rings. The number of nitrogens with two attached hydrogens (primary N) is 1. The molecule has 20 heavy (non-hydrogen) atoms. The molecule has 1 aromatic rings. The topological polar surface area (TPSA) is 93.9 Å². The molecular formula is C12H10Cl2N4O2. The first-order valence-electron chi connectivity index (χ1n) is 5.59. The van der Waals surface area contributed by atoms with Crippen molar-refractivity contribution in [1.82, 2.24) is 0 Å². The predicted octanol–water partition coefficient (Wildman–Crippen LogP) is 3.93. The van der Waals surface area contributed by atoms with Gasteiger partial charge in [-0.05, 0) is 18.2 Å². The lowest BCUT2D eigenvalue weighted by Gasteiger charge is -2.21. The molecule has 1 unspecified atom stereocenters. The molecule has 2 N–H and O–H groups in total. The SMILES string of the molecule is Nc1ccc(/N=N/C2C=CC=CC2(Cl)Cl)cc1[N+](=O)[O-]. The van der Waals surface area contributed by atoms with E-state index in [4.69, 9.17) is 28.9 Å². The normalized spacial score (nSPS) is 20.4. The van der Waals surface area contributed by atoms with E-state index >= 15 is 0 Å². The predicted molar refractivity (Wildman–Crippen MR) is 78.5 cm³/mol. The van der Waals surface area contributed by atoms with Crippen molar-refractivity contribution in [2.75, 3.05) is 5.73 Å². The summed E-state index contributed by atoms with van der Waals surface area (Å²) in [5, 5.41) is 18.7. The van der Waals surface area contributed by atoms with Gasteiger partial charge in [0.25, 0.3) is 5.69 Å². The number of anilines is 1. The number of hydrogen-bond donors (Lipinski definition) is 1. The number of rotatable bonds is 3. The number of halogens is 2. The maximum Gasteiger partial charge on any atom is 0.294 e. The third-order valence-corrected chi connectivity index (χ3v) is 3.32. The molecule has 0 bridgehead atoms. The molecule has 1 aliphatic rings. The highest BCUT2D eigenvalue weighted by atomic mass is 35.5. The number of nitrogens with zero attached hydrogens (tertiary/aromatic N) is 3. The molecule has 1 atom stereocenters. The summed E-state index contributed by atoms with van der Waals surface area (Å²) in [4.78, 5) is 10.2. The highest BCUT2D eigenvalue weighted by molar-refractivity contribution is 6.50. The summed E-state index contributed by atoms with van der Waals surface area (Å²) >= 11 is 12.1. The molecular weight excluding hydrogens is 303 g/mol. The summed E-state index contributed by atoms with van der Waals surface area (Å²) in [6.45, 7) is 0. The summed E-state index contributed by atoms with van der Waals surface area (Å²) in [5.41, 5.74) is 5.65. The van der Waals surface area contributed by atoms with E-state index in [2.05, 4.69) is 10.2 Å². The average molecular weight is 313 g/mol. The third-order valence-electron chi connectivity index (χ3n) is 2.63. The minimum absolute atomic E-state index is 0.0680. The van der Waals surface area contributed by atoms with Crippen LogP contribution in [0, 0.1) is 10.1 Å². The van der Waals surface area contributed by atoms with Crippen molar-refractivity contribution >= 4 is 40.3 Å². The van der Waals surface area contributed by atoms with Crippen LogP contribution >= 0.6 is 23.2 Å². The first-order chi connectivity index (χ1) is 9.40. The van der Waals surface area contributed by atoms with Crippen molar-refractivity contribution < 1.29 is 4.92 Å². The van der Waals surface area contributed by atoms with Crippen LogP contribution < -0.4 is 5.73 Å². The van der Waals surface area contributed by atoms with Gasteiger partial charge in [0.05, 0.1) is 10.6 Å². The fourth-order valence-corrected chi connectivity index (χ4v) is 1.96. The lowest BCUT2D eigenvalue weighted by atomic mass is 10.1. The molecule has 1 aliphatic carbocycles. The highest BCUT2D eigenvalue weighted by Gasteiger charge is 2.32. The molecule has 2 rings (SSSR count). The van der Waals surface area contributed by atoms with Gasteiger partial charge >= 0.3 is 0 Å². The molecule has 1 aromatic carbocycles. The van der Waals surface area contributed by atoms with Crippen molar-refractivity contribution in [2.45, 2.75) is 10.4 Å². The van der Waals surface area contributed by atoms with Gasteiger partial charge < -0.3 is 5.73 Å². The number of allylic oxidation sites excluding steroid dienone is 2. The number of azo groups is 1.